The maximum absolute atomic E-state index is 9.44. The number of phenolic OH excluding ortho intramolecular Hbond substituents is 1. The Morgan fingerprint density at radius 2 is 1.89 bits per heavy atom. The van der Waals surface area contributed by atoms with E-state index < -0.39 is 0 Å². The first kappa shape index (κ1) is 16.0. The third kappa shape index (κ3) is 5.21. The van der Waals surface area contributed by atoms with Crippen LogP contribution in [0.3, 0.4) is 0 Å². The number of rotatable bonds is 8. The Morgan fingerprint density at radius 1 is 1.21 bits per heavy atom. The predicted molar refractivity (Wildman–Crippen MR) is 81.4 cm³/mol. The molecule has 1 atom stereocenters. The van der Waals surface area contributed by atoms with Gasteiger partial charge in [-0.2, -0.15) is 0 Å². The van der Waals surface area contributed by atoms with Crippen LogP contribution in [-0.4, -0.2) is 36.7 Å². The van der Waals surface area contributed by atoms with Crippen LogP contribution in [0.5, 0.6) is 5.75 Å². The van der Waals surface area contributed by atoms with Gasteiger partial charge in [0, 0.05) is 19.1 Å². The van der Waals surface area contributed by atoms with Gasteiger partial charge in [-0.3, -0.25) is 0 Å². The smallest absolute Gasteiger partial charge is 0.115 e. The molecule has 0 amide bonds. The molecule has 0 spiro atoms. The Labute approximate surface area is 117 Å². The highest BCUT2D eigenvalue weighted by Gasteiger charge is 2.19. The quantitative estimate of drug-likeness (QED) is 0.758. The van der Waals surface area contributed by atoms with Crippen LogP contribution in [0.15, 0.2) is 24.3 Å². The number of hydrogen-bond acceptors (Lipinski definition) is 3. The minimum absolute atomic E-state index is 0.337. The molecule has 3 nitrogen and oxygen atoms in total. The van der Waals surface area contributed by atoms with E-state index in [1.807, 2.05) is 18.2 Å². The molecular formula is C16H28N2O. The summed E-state index contributed by atoms with van der Waals surface area (Å²) in [5, 5.41) is 12.9. The molecule has 3 heteroatoms. The normalized spacial score (nSPS) is 13.2. The van der Waals surface area contributed by atoms with Crippen LogP contribution in [-0.2, 0) is 6.54 Å². The van der Waals surface area contributed by atoms with Crippen molar-refractivity contribution in [1.82, 2.24) is 10.2 Å². The molecule has 1 rings (SSSR count). The van der Waals surface area contributed by atoms with Crippen LogP contribution < -0.4 is 5.32 Å². The summed E-state index contributed by atoms with van der Waals surface area (Å²) in [6.07, 6.45) is 2.43. The molecule has 1 unspecified atom stereocenters. The van der Waals surface area contributed by atoms with E-state index in [-0.39, 0.29) is 0 Å². The standard InChI is InChI=1S/C16H28N2O/c1-5-14(6-2)16(18(3)4)12-17-11-13-8-7-9-15(19)10-13/h7-10,14,16-17,19H,5-6,11-12H2,1-4H3. The zero-order chi connectivity index (χ0) is 14.3. The molecule has 2 N–H and O–H groups in total. The fraction of sp³-hybridized carbons (Fsp3) is 0.625. The summed E-state index contributed by atoms with van der Waals surface area (Å²) in [5.41, 5.74) is 1.13. The van der Waals surface area contributed by atoms with E-state index in [4.69, 9.17) is 0 Å². The number of nitrogens with zero attached hydrogens (tertiary/aromatic N) is 1. The molecule has 0 aliphatic heterocycles. The second-order valence-electron chi connectivity index (χ2n) is 5.41. The van der Waals surface area contributed by atoms with Crippen molar-refractivity contribution in [2.75, 3.05) is 20.6 Å². The average Bonchev–Trinajstić information content (AvgIpc) is 2.38. The highest BCUT2D eigenvalue weighted by Crippen LogP contribution is 2.16. The molecule has 0 saturated heterocycles. The van der Waals surface area contributed by atoms with E-state index in [1.54, 1.807) is 6.07 Å². The summed E-state index contributed by atoms with van der Waals surface area (Å²) in [6.45, 7) is 6.31. The van der Waals surface area contributed by atoms with Gasteiger partial charge in [0.15, 0.2) is 0 Å². The molecule has 0 aliphatic carbocycles. The highest BCUT2D eigenvalue weighted by molar-refractivity contribution is 5.26. The number of nitrogens with one attached hydrogen (secondary N) is 1. The molecule has 0 heterocycles. The monoisotopic (exact) mass is 264 g/mol. The van der Waals surface area contributed by atoms with Crippen molar-refractivity contribution in [2.45, 2.75) is 39.3 Å². The highest BCUT2D eigenvalue weighted by atomic mass is 16.3. The number of likely N-dealkylation sites (N-methyl/N-ethyl adjacent to an activating group) is 1. The lowest BCUT2D eigenvalue weighted by Crippen LogP contribution is -2.42. The third-order valence-electron chi connectivity index (χ3n) is 3.85. The molecule has 1 aromatic rings. The fourth-order valence-corrected chi connectivity index (χ4v) is 2.63. The Bertz CT molecular complexity index is 362. The molecule has 0 saturated carbocycles. The Kier molecular flexibility index (Phi) is 6.89. The van der Waals surface area contributed by atoms with Crippen LogP contribution in [0, 0.1) is 5.92 Å². The fourth-order valence-electron chi connectivity index (χ4n) is 2.63. The first-order chi connectivity index (χ1) is 9.08. The lowest BCUT2D eigenvalue weighted by atomic mass is 9.93. The minimum atomic E-state index is 0.337. The molecule has 19 heavy (non-hydrogen) atoms. The minimum Gasteiger partial charge on any atom is -0.508 e. The van der Waals surface area contributed by atoms with Crippen LogP contribution in [0.2, 0.25) is 0 Å². The van der Waals surface area contributed by atoms with E-state index in [2.05, 4.69) is 38.2 Å². The predicted octanol–water partition coefficient (Wildman–Crippen LogP) is 2.85. The van der Waals surface area contributed by atoms with E-state index in [0.717, 1.165) is 24.6 Å². The molecule has 0 fully saturated rings. The Hall–Kier alpha value is -1.06. The Morgan fingerprint density at radius 3 is 2.42 bits per heavy atom. The number of phenols is 1. The molecular weight excluding hydrogens is 236 g/mol. The van der Waals surface area contributed by atoms with Gasteiger partial charge in [-0.05, 0) is 37.7 Å². The SMILES string of the molecule is CCC(CC)C(CNCc1cccc(O)c1)N(C)C. The zero-order valence-electron chi connectivity index (χ0n) is 12.7. The summed E-state index contributed by atoms with van der Waals surface area (Å²) in [5.74, 6) is 1.06. The van der Waals surface area contributed by atoms with Gasteiger partial charge in [-0.1, -0.05) is 38.8 Å². The topological polar surface area (TPSA) is 35.5 Å². The molecule has 0 bridgehead atoms. The van der Waals surface area contributed by atoms with Gasteiger partial charge in [0.25, 0.3) is 0 Å². The van der Waals surface area contributed by atoms with Crippen molar-refractivity contribution >= 4 is 0 Å². The summed E-state index contributed by atoms with van der Waals surface area (Å²) < 4.78 is 0. The number of aromatic hydroxyl groups is 1. The molecule has 0 radical (unpaired) electrons. The van der Waals surface area contributed by atoms with Gasteiger partial charge in [-0.15, -0.1) is 0 Å². The third-order valence-corrected chi connectivity index (χ3v) is 3.85. The van der Waals surface area contributed by atoms with Crippen LogP contribution in [0.25, 0.3) is 0 Å². The molecule has 1 aromatic carbocycles. The summed E-state index contributed by atoms with van der Waals surface area (Å²) in [4.78, 5) is 2.31. The first-order valence-electron chi connectivity index (χ1n) is 7.23. The van der Waals surface area contributed by atoms with Gasteiger partial charge in [0.1, 0.15) is 5.75 Å². The van der Waals surface area contributed by atoms with Gasteiger partial charge >= 0.3 is 0 Å². The van der Waals surface area contributed by atoms with Crippen molar-refractivity contribution in [2.24, 2.45) is 5.92 Å². The lowest BCUT2D eigenvalue weighted by Gasteiger charge is -2.31. The van der Waals surface area contributed by atoms with Crippen molar-refractivity contribution in [3.63, 3.8) is 0 Å². The second kappa shape index (κ2) is 8.18. The van der Waals surface area contributed by atoms with Crippen LogP contribution in [0.1, 0.15) is 32.3 Å². The van der Waals surface area contributed by atoms with Crippen molar-refractivity contribution in [3.05, 3.63) is 29.8 Å². The van der Waals surface area contributed by atoms with Crippen molar-refractivity contribution < 1.29 is 5.11 Å². The summed E-state index contributed by atoms with van der Waals surface area (Å²) >= 11 is 0. The van der Waals surface area contributed by atoms with E-state index in [1.165, 1.54) is 12.8 Å². The van der Waals surface area contributed by atoms with Gasteiger partial charge in [0.05, 0.1) is 0 Å². The van der Waals surface area contributed by atoms with Crippen molar-refractivity contribution in [3.8, 4) is 5.75 Å². The van der Waals surface area contributed by atoms with Gasteiger partial charge in [0.2, 0.25) is 0 Å². The second-order valence-corrected chi connectivity index (χ2v) is 5.41. The van der Waals surface area contributed by atoms with Gasteiger partial charge in [-0.25, -0.2) is 0 Å². The van der Waals surface area contributed by atoms with Crippen LogP contribution in [0.4, 0.5) is 0 Å². The van der Waals surface area contributed by atoms with E-state index in [9.17, 15) is 5.11 Å². The van der Waals surface area contributed by atoms with Crippen LogP contribution >= 0.6 is 0 Å². The van der Waals surface area contributed by atoms with E-state index >= 15 is 0 Å². The summed E-state index contributed by atoms with van der Waals surface area (Å²) in [7, 11) is 4.30. The summed E-state index contributed by atoms with van der Waals surface area (Å²) in [6, 6.07) is 8.00. The molecule has 108 valence electrons. The Balaban J connectivity index is 2.48. The molecule has 0 aromatic heterocycles. The van der Waals surface area contributed by atoms with Gasteiger partial charge < -0.3 is 15.3 Å². The average molecular weight is 264 g/mol. The number of hydrogen-bond donors (Lipinski definition) is 2. The maximum atomic E-state index is 9.44. The molecule has 0 aliphatic rings. The van der Waals surface area contributed by atoms with E-state index in [0.29, 0.717) is 11.8 Å². The largest absolute Gasteiger partial charge is 0.508 e. The number of benzene rings is 1. The zero-order valence-corrected chi connectivity index (χ0v) is 12.7. The van der Waals surface area contributed by atoms with Crippen molar-refractivity contribution in [1.29, 1.82) is 0 Å². The lowest BCUT2D eigenvalue weighted by molar-refractivity contribution is 0.194. The first-order valence-corrected chi connectivity index (χ1v) is 7.23. The maximum Gasteiger partial charge on any atom is 0.115 e.